The van der Waals surface area contributed by atoms with Crippen LogP contribution in [0, 0.1) is 0 Å². The molecule has 4 nitrogen and oxygen atoms in total. The van der Waals surface area contributed by atoms with Gasteiger partial charge in [0.15, 0.2) is 0 Å². The average molecular weight is 398 g/mol. The lowest BCUT2D eigenvalue weighted by atomic mass is 10.0. The first-order chi connectivity index (χ1) is 15.4. The number of imidazole rings is 1. The topological polar surface area (TPSA) is 43.6 Å². The molecular formula is C27H14N2O2. The number of rotatable bonds is 0. The zero-order chi connectivity index (χ0) is 20.1. The second-order valence-electron chi connectivity index (χ2n) is 8.02. The summed E-state index contributed by atoms with van der Waals surface area (Å²) in [7, 11) is 0. The first kappa shape index (κ1) is 15.5. The van der Waals surface area contributed by atoms with Crippen molar-refractivity contribution in [3.05, 3.63) is 85.2 Å². The lowest BCUT2D eigenvalue weighted by Crippen LogP contribution is -1.91. The summed E-state index contributed by atoms with van der Waals surface area (Å²) in [5.74, 6) is 0. The standard InChI is InChI=1S/C27H14N2O2/c1-2-7-19-15(5-1)17-9-11-21-23(25(17)29-14-13-28-27(19)29)24-22(30-21)12-10-18-16-6-3-4-8-20(16)31-26(18)24/h1-14H. The van der Waals surface area contributed by atoms with E-state index in [4.69, 9.17) is 8.83 Å². The Morgan fingerprint density at radius 2 is 1.32 bits per heavy atom. The van der Waals surface area contributed by atoms with Crippen LogP contribution in [-0.2, 0) is 0 Å². The van der Waals surface area contributed by atoms with Gasteiger partial charge in [-0.3, -0.25) is 4.40 Å². The fourth-order valence-electron chi connectivity index (χ4n) is 5.17. The van der Waals surface area contributed by atoms with Gasteiger partial charge in [0.2, 0.25) is 0 Å². The SMILES string of the molecule is c1ccc2c(c1)oc1c2ccc2oc3ccc4c5ccccc5c5nccn5c4c3c21. The van der Waals surface area contributed by atoms with Crippen LogP contribution in [0.2, 0.25) is 0 Å². The first-order valence-corrected chi connectivity index (χ1v) is 10.3. The van der Waals surface area contributed by atoms with Crippen molar-refractivity contribution in [3.63, 3.8) is 0 Å². The van der Waals surface area contributed by atoms with Gasteiger partial charge in [-0.2, -0.15) is 0 Å². The second-order valence-corrected chi connectivity index (χ2v) is 8.02. The van der Waals surface area contributed by atoms with Crippen LogP contribution in [0.15, 0.2) is 94.0 Å². The average Bonchev–Trinajstić information content (AvgIpc) is 3.53. The van der Waals surface area contributed by atoms with Gasteiger partial charge < -0.3 is 8.83 Å². The Morgan fingerprint density at radius 3 is 2.23 bits per heavy atom. The molecule has 0 saturated heterocycles. The largest absolute Gasteiger partial charge is 0.456 e. The van der Waals surface area contributed by atoms with Crippen LogP contribution < -0.4 is 0 Å². The van der Waals surface area contributed by atoms with Crippen molar-refractivity contribution in [3.8, 4) is 0 Å². The summed E-state index contributed by atoms with van der Waals surface area (Å²) in [6.45, 7) is 0. The fourth-order valence-corrected chi connectivity index (χ4v) is 5.17. The first-order valence-electron chi connectivity index (χ1n) is 10.3. The summed E-state index contributed by atoms with van der Waals surface area (Å²) in [5.41, 5.74) is 5.47. The van der Waals surface area contributed by atoms with E-state index in [0.29, 0.717) is 0 Å². The van der Waals surface area contributed by atoms with Gasteiger partial charge in [0.1, 0.15) is 28.0 Å². The number of benzene rings is 4. The molecule has 0 aliphatic carbocycles. The van der Waals surface area contributed by atoms with E-state index in [-0.39, 0.29) is 0 Å². The molecule has 8 aromatic rings. The van der Waals surface area contributed by atoms with E-state index in [0.717, 1.165) is 60.4 Å². The molecule has 4 aromatic heterocycles. The van der Waals surface area contributed by atoms with E-state index in [1.54, 1.807) is 0 Å². The molecule has 0 N–H and O–H groups in total. The monoisotopic (exact) mass is 398 g/mol. The zero-order valence-corrected chi connectivity index (χ0v) is 16.3. The lowest BCUT2D eigenvalue weighted by molar-refractivity contribution is 0.663. The van der Waals surface area contributed by atoms with Crippen LogP contribution in [0.1, 0.15) is 0 Å². The molecule has 0 fully saturated rings. The molecule has 0 amide bonds. The van der Waals surface area contributed by atoms with Crippen LogP contribution in [-0.4, -0.2) is 9.38 Å². The highest BCUT2D eigenvalue weighted by molar-refractivity contribution is 6.29. The molecule has 0 saturated carbocycles. The third-order valence-electron chi connectivity index (χ3n) is 6.46. The quantitative estimate of drug-likeness (QED) is 0.249. The number of furan rings is 2. The Labute approximate surface area is 174 Å². The summed E-state index contributed by atoms with van der Waals surface area (Å²) in [6.07, 6.45) is 3.89. The molecule has 4 aromatic carbocycles. The third-order valence-corrected chi connectivity index (χ3v) is 6.46. The normalized spacial score (nSPS) is 12.5. The van der Waals surface area contributed by atoms with Crippen LogP contribution in [0.25, 0.3) is 71.2 Å². The van der Waals surface area contributed by atoms with E-state index < -0.39 is 0 Å². The van der Waals surface area contributed by atoms with Gasteiger partial charge >= 0.3 is 0 Å². The maximum Gasteiger partial charge on any atom is 0.147 e. The number of nitrogens with zero attached hydrogens (tertiary/aromatic N) is 2. The van der Waals surface area contributed by atoms with E-state index in [1.807, 2.05) is 30.6 Å². The number of pyridine rings is 1. The minimum atomic E-state index is 0.829. The predicted octanol–water partition coefficient (Wildman–Crippen LogP) is 7.44. The van der Waals surface area contributed by atoms with Crippen LogP contribution in [0.3, 0.4) is 0 Å². The Balaban J connectivity index is 1.74. The third kappa shape index (κ3) is 1.79. The molecule has 0 spiro atoms. The van der Waals surface area contributed by atoms with E-state index in [9.17, 15) is 0 Å². The fraction of sp³-hybridized carbons (Fsp3) is 0. The van der Waals surface area contributed by atoms with E-state index in [2.05, 4.69) is 64.0 Å². The number of para-hydroxylation sites is 1. The summed E-state index contributed by atoms with van der Waals surface area (Å²) in [6, 6.07) is 25.0. The molecule has 4 heterocycles. The summed E-state index contributed by atoms with van der Waals surface area (Å²) >= 11 is 0. The molecule has 0 bridgehead atoms. The van der Waals surface area contributed by atoms with Crippen molar-refractivity contribution in [1.29, 1.82) is 0 Å². The minimum absolute atomic E-state index is 0.829. The Kier molecular flexibility index (Phi) is 2.62. The summed E-state index contributed by atoms with van der Waals surface area (Å²) in [5, 5.41) is 7.79. The van der Waals surface area contributed by atoms with E-state index in [1.165, 1.54) is 10.8 Å². The van der Waals surface area contributed by atoms with Gasteiger partial charge in [0.05, 0.1) is 16.3 Å². The molecule has 8 rings (SSSR count). The molecular weight excluding hydrogens is 384 g/mol. The van der Waals surface area contributed by atoms with Gasteiger partial charge in [-0.25, -0.2) is 4.98 Å². The Bertz CT molecular complexity index is 2000. The van der Waals surface area contributed by atoms with Gasteiger partial charge in [0, 0.05) is 33.9 Å². The van der Waals surface area contributed by atoms with Crippen LogP contribution >= 0.6 is 0 Å². The van der Waals surface area contributed by atoms with Crippen molar-refractivity contribution in [2.45, 2.75) is 0 Å². The number of fused-ring (bicyclic) bond motifs is 14. The number of hydrogen-bond acceptors (Lipinski definition) is 3. The van der Waals surface area contributed by atoms with Gasteiger partial charge in [-0.15, -0.1) is 0 Å². The van der Waals surface area contributed by atoms with Crippen LogP contribution in [0.5, 0.6) is 0 Å². The van der Waals surface area contributed by atoms with Gasteiger partial charge in [-0.1, -0.05) is 42.5 Å². The predicted molar refractivity (Wildman–Crippen MR) is 125 cm³/mol. The summed E-state index contributed by atoms with van der Waals surface area (Å²) < 4.78 is 14.9. The molecule has 144 valence electrons. The molecule has 0 radical (unpaired) electrons. The molecule has 0 unspecified atom stereocenters. The molecule has 4 heteroatoms. The second kappa shape index (κ2) is 5.24. The number of hydrogen-bond donors (Lipinski definition) is 0. The molecule has 31 heavy (non-hydrogen) atoms. The van der Waals surface area contributed by atoms with E-state index >= 15 is 0 Å². The highest BCUT2D eigenvalue weighted by atomic mass is 16.3. The molecule has 0 aliphatic rings. The minimum Gasteiger partial charge on any atom is -0.456 e. The Morgan fingerprint density at radius 1 is 0.581 bits per heavy atom. The highest BCUT2D eigenvalue weighted by Gasteiger charge is 2.20. The van der Waals surface area contributed by atoms with Crippen molar-refractivity contribution in [1.82, 2.24) is 9.38 Å². The van der Waals surface area contributed by atoms with Crippen molar-refractivity contribution < 1.29 is 8.83 Å². The van der Waals surface area contributed by atoms with Gasteiger partial charge in [0.25, 0.3) is 0 Å². The maximum absolute atomic E-state index is 6.38. The van der Waals surface area contributed by atoms with Crippen molar-refractivity contribution >= 4 is 71.2 Å². The van der Waals surface area contributed by atoms with Crippen molar-refractivity contribution in [2.75, 3.05) is 0 Å². The highest BCUT2D eigenvalue weighted by Crippen LogP contribution is 2.43. The molecule has 0 atom stereocenters. The van der Waals surface area contributed by atoms with Gasteiger partial charge in [-0.05, 0) is 35.7 Å². The smallest absolute Gasteiger partial charge is 0.147 e. The Hall–Kier alpha value is -4.31. The van der Waals surface area contributed by atoms with Crippen LogP contribution in [0.4, 0.5) is 0 Å². The molecule has 0 aliphatic heterocycles. The number of aromatic nitrogens is 2. The summed E-state index contributed by atoms with van der Waals surface area (Å²) in [4.78, 5) is 4.67. The van der Waals surface area contributed by atoms with Crippen molar-refractivity contribution in [2.24, 2.45) is 0 Å². The lowest BCUT2D eigenvalue weighted by Gasteiger charge is -2.09. The zero-order valence-electron chi connectivity index (χ0n) is 16.3. The maximum atomic E-state index is 6.38.